The highest BCUT2D eigenvalue weighted by atomic mass is 127. The van der Waals surface area contributed by atoms with Gasteiger partial charge in [0.2, 0.25) is 0 Å². The van der Waals surface area contributed by atoms with E-state index in [9.17, 15) is 0 Å². The zero-order valence-corrected chi connectivity index (χ0v) is 8.24. The summed E-state index contributed by atoms with van der Waals surface area (Å²) in [5.74, 6) is 0.944. The summed E-state index contributed by atoms with van der Waals surface area (Å²) in [4.78, 5) is 0. The van der Waals surface area contributed by atoms with Crippen molar-refractivity contribution >= 4 is 24.0 Å². The molecule has 1 aromatic carbocycles. The first-order valence-electron chi connectivity index (χ1n) is 3.11. The van der Waals surface area contributed by atoms with Crippen LogP contribution in [-0.2, 0) is 0 Å². The van der Waals surface area contributed by atoms with Gasteiger partial charge in [-0.15, -0.1) is 24.0 Å². The predicted octanol–water partition coefficient (Wildman–Crippen LogP) is 2.70. The minimum Gasteiger partial charge on any atom is -0.494 e. The van der Waals surface area contributed by atoms with E-state index in [0.717, 1.165) is 12.4 Å². The first kappa shape index (κ1) is 9.75. The molecule has 0 saturated heterocycles. The van der Waals surface area contributed by atoms with Crippen LogP contribution in [0.15, 0.2) is 30.3 Å². The smallest absolute Gasteiger partial charge is 0.119 e. The van der Waals surface area contributed by atoms with Crippen molar-refractivity contribution in [2.24, 2.45) is 0 Å². The minimum absolute atomic E-state index is 0. The molecule has 56 valence electrons. The number of hydrogen-bond acceptors (Lipinski definition) is 1. The lowest BCUT2D eigenvalue weighted by molar-refractivity contribution is 0.340. The summed E-state index contributed by atoms with van der Waals surface area (Å²) in [6.45, 7) is 2.72. The van der Waals surface area contributed by atoms with Crippen molar-refractivity contribution in [1.82, 2.24) is 0 Å². The van der Waals surface area contributed by atoms with Crippen molar-refractivity contribution in [3.05, 3.63) is 30.3 Å². The van der Waals surface area contributed by atoms with Gasteiger partial charge in [0, 0.05) is 0 Å². The lowest BCUT2D eigenvalue weighted by Gasteiger charge is -1.99. The molecule has 0 aliphatic carbocycles. The zero-order chi connectivity index (χ0) is 6.53. The van der Waals surface area contributed by atoms with Gasteiger partial charge in [-0.25, -0.2) is 0 Å². The standard InChI is InChI=1S/C8H10O.HI/c1-2-9-8-6-4-3-5-7-8;/h3-7H,2H2,1H3;1H. The number of para-hydroxylation sites is 1. The Morgan fingerprint density at radius 3 is 2.30 bits per heavy atom. The molecule has 0 unspecified atom stereocenters. The molecule has 0 aliphatic heterocycles. The molecule has 0 atom stereocenters. The van der Waals surface area contributed by atoms with Crippen LogP contribution in [0.25, 0.3) is 0 Å². The third-order valence-corrected chi connectivity index (χ3v) is 1.05. The van der Waals surface area contributed by atoms with Crippen molar-refractivity contribution in [2.75, 3.05) is 6.61 Å². The molecule has 0 heterocycles. The molecule has 1 aromatic rings. The molecule has 1 rings (SSSR count). The molecule has 0 aromatic heterocycles. The van der Waals surface area contributed by atoms with Gasteiger partial charge in [0.1, 0.15) is 5.75 Å². The molecular formula is C8H11IO. The lowest BCUT2D eigenvalue weighted by atomic mass is 10.3. The largest absolute Gasteiger partial charge is 0.494 e. The summed E-state index contributed by atoms with van der Waals surface area (Å²) < 4.78 is 5.21. The second-order valence-electron chi connectivity index (χ2n) is 1.75. The van der Waals surface area contributed by atoms with E-state index in [2.05, 4.69) is 0 Å². The topological polar surface area (TPSA) is 9.23 Å². The van der Waals surface area contributed by atoms with Gasteiger partial charge in [-0.3, -0.25) is 0 Å². The van der Waals surface area contributed by atoms with E-state index in [4.69, 9.17) is 4.74 Å². The van der Waals surface area contributed by atoms with E-state index in [1.54, 1.807) is 0 Å². The van der Waals surface area contributed by atoms with Crippen LogP contribution in [0.3, 0.4) is 0 Å². The Morgan fingerprint density at radius 2 is 1.80 bits per heavy atom. The maximum absolute atomic E-state index is 5.21. The van der Waals surface area contributed by atoms with Crippen molar-refractivity contribution in [3.63, 3.8) is 0 Å². The average molecular weight is 250 g/mol. The third kappa shape index (κ3) is 3.06. The summed E-state index contributed by atoms with van der Waals surface area (Å²) >= 11 is 0. The molecule has 0 saturated carbocycles. The first-order chi connectivity index (χ1) is 4.43. The second kappa shape index (κ2) is 5.53. The fraction of sp³-hybridized carbons (Fsp3) is 0.250. The van der Waals surface area contributed by atoms with Crippen molar-refractivity contribution in [1.29, 1.82) is 0 Å². The Bertz CT molecular complexity index is 162. The van der Waals surface area contributed by atoms with Gasteiger partial charge in [-0.05, 0) is 19.1 Å². The van der Waals surface area contributed by atoms with Gasteiger partial charge < -0.3 is 4.74 Å². The molecule has 0 spiro atoms. The van der Waals surface area contributed by atoms with Gasteiger partial charge in [-0.2, -0.15) is 0 Å². The van der Waals surface area contributed by atoms with Crippen LogP contribution in [0.1, 0.15) is 6.92 Å². The highest BCUT2D eigenvalue weighted by Gasteiger charge is 1.83. The fourth-order valence-corrected chi connectivity index (χ4v) is 0.683. The summed E-state index contributed by atoms with van der Waals surface area (Å²) in [5.41, 5.74) is 0. The lowest BCUT2D eigenvalue weighted by Crippen LogP contribution is -1.89. The van der Waals surface area contributed by atoms with Gasteiger partial charge >= 0.3 is 0 Å². The minimum atomic E-state index is 0. The number of rotatable bonds is 2. The molecule has 0 N–H and O–H groups in total. The average Bonchev–Trinajstić information content (AvgIpc) is 1.91. The Morgan fingerprint density at radius 1 is 1.20 bits per heavy atom. The highest BCUT2D eigenvalue weighted by molar-refractivity contribution is 14.0. The molecule has 2 heteroatoms. The SMILES string of the molecule is CCOc1ccccc1.I. The summed E-state index contributed by atoms with van der Waals surface area (Å²) in [7, 11) is 0. The van der Waals surface area contributed by atoms with E-state index in [-0.39, 0.29) is 24.0 Å². The van der Waals surface area contributed by atoms with Crippen molar-refractivity contribution in [3.8, 4) is 5.75 Å². The zero-order valence-electron chi connectivity index (χ0n) is 5.91. The van der Waals surface area contributed by atoms with E-state index >= 15 is 0 Å². The van der Waals surface area contributed by atoms with E-state index in [0.29, 0.717) is 0 Å². The van der Waals surface area contributed by atoms with Gasteiger partial charge in [0.05, 0.1) is 6.61 Å². The highest BCUT2D eigenvalue weighted by Crippen LogP contribution is 2.06. The van der Waals surface area contributed by atoms with E-state index < -0.39 is 0 Å². The summed E-state index contributed by atoms with van der Waals surface area (Å²) in [6.07, 6.45) is 0. The van der Waals surface area contributed by atoms with Crippen LogP contribution >= 0.6 is 24.0 Å². The maximum atomic E-state index is 5.21. The number of halogens is 1. The van der Waals surface area contributed by atoms with E-state index in [1.165, 1.54) is 0 Å². The molecule has 0 amide bonds. The Balaban J connectivity index is 0.000000810. The molecule has 1 nitrogen and oxygen atoms in total. The van der Waals surface area contributed by atoms with Gasteiger partial charge in [-0.1, -0.05) is 18.2 Å². The summed E-state index contributed by atoms with van der Waals surface area (Å²) in [5, 5.41) is 0. The Labute approximate surface area is 78.4 Å². The van der Waals surface area contributed by atoms with Crippen molar-refractivity contribution < 1.29 is 4.74 Å². The van der Waals surface area contributed by atoms with Crippen LogP contribution in [0.4, 0.5) is 0 Å². The molecule has 0 bridgehead atoms. The Kier molecular flexibility index (Phi) is 5.39. The Hall–Kier alpha value is -0.250. The molecule has 10 heavy (non-hydrogen) atoms. The number of hydrogen-bond donors (Lipinski definition) is 0. The first-order valence-corrected chi connectivity index (χ1v) is 3.11. The quantitative estimate of drug-likeness (QED) is 0.733. The third-order valence-electron chi connectivity index (χ3n) is 1.05. The van der Waals surface area contributed by atoms with E-state index in [1.807, 2.05) is 37.3 Å². The van der Waals surface area contributed by atoms with Gasteiger partial charge in [0.25, 0.3) is 0 Å². The molecule has 0 fully saturated rings. The van der Waals surface area contributed by atoms with Crippen LogP contribution < -0.4 is 4.74 Å². The van der Waals surface area contributed by atoms with Crippen LogP contribution in [0.2, 0.25) is 0 Å². The van der Waals surface area contributed by atoms with Gasteiger partial charge in [0.15, 0.2) is 0 Å². The van der Waals surface area contributed by atoms with Crippen LogP contribution in [0, 0.1) is 0 Å². The number of ether oxygens (including phenoxy) is 1. The number of benzene rings is 1. The predicted molar refractivity (Wildman–Crippen MR) is 53.0 cm³/mol. The summed E-state index contributed by atoms with van der Waals surface area (Å²) in [6, 6.07) is 9.80. The second-order valence-corrected chi connectivity index (χ2v) is 1.75. The monoisotopic (exact) mass is 250 g/mol. The molecule has 0 radical (unpaired) electrons. The maximum Gasteiger partial charge on any atom is 0.119 e. The van der Waals surface area contributed by atoms with Crippen LogP contribution in [0.5, 0.6) is 5.75 Å². The van der Waals surface area contributed by atoms with Crippen molar-refractivity contribution in [2.45, 2.75) is 6.92 Å². The normalized spacial score (nSPS) is 8.10. The van der Waals surface area contributed by atoms with Crippen LogP contribution in [-0.4, -0.2) is 6.61 Å². The fourth-order valence-electron chi connectivity index (χ4n) is 0.683. The molecular weight excluding hydrogens is 239 g/mol. The molecule has 0 aliphatic rings.